The largest absolute Gasteiger partial charge is 0.398 e. The highest BCUT2D eigenvalue weighted by atomic mass is 35.7. The molecule has 1 aromatic carbocycles. The first kappa shape index (κ1) is 12.2. The molecule has 0 heterocycles. The minimum Gasteiger partial charge on any atom is -0.398 e. The topological polar surface area (TPSA) is 120 Å². The maximum atomic E-state index is 11.0. The number of primary sulfonamides is 1. The van der Waals surface area contributed by atoms with Crippen molar-refractivity contribution in [3.8, 4) is 0 Å². The Hall–Kier alpha value is -0.830. The lowest BCUT2D eigenvalue weighted by Gasteiger charge is -2.04. The van der Waals surface area contributed by atoms with E-state index in [9.17, 15) is 16.8 Å². The second kappa shape index (κ2) is 3.63. The number of hydrogen-bond donors (Lipinski definition) is 2. The van der Waals surface area contributed by atoms with Crippen LogP contribution >= 0.6 is 10.7 Å². The van der Waals surface area contributed by atoms with Crippen LogP contribution in [0.4, 0.5) is 5.69 Å². The molecule has 0 fully saturated rings. The minimum atomic E-state index is -4.06. The molecule has 0 amide bonds. The molecule has 9 heteroatoms. The molecule has 0 aliphatic heterocycles. The summed E-state index contributed by atoms with van der Waals surface area (Å²) in [6.45, 7) is 0. The molecule has 1 aromatic rings. The molecule has 0 unspecified atom stereocenters. The van der Waals surface area contributed by atoms with E-state index in [1.54, 1.807) is 0 Å². The molecular weight excluding hydrogens is 264 g/mol. The molecule has 0 aromatic heterocycles. The summed E-state index contributed by atoms with van der Waals surface area (Å²) in [7, 11) is -3.04. The van der Waals surface area contributed by atoms with E-state index in [4.69, 9.17) is 21.6 Å². The van der Waals surface area contributed by atoms with Gasteiger partial charge in [0.1, 0.15) is 4.90 Å². The molecule has 0 bridgehead atoms. The number of nitrogen functional groups attached to an aromatic ring is 1. The second-order valence-corrected chi connectivity index (χ2v) is 6.78. The summed E-state index contributed by atoms with van der Waals surface area (Å²) < 4.78 is 43.8. The Morgan fingerprint density at radius 3 is 2.07 bits per heavy atom. The molecule has 4 N–H and O–H groups in total. The molecule has 0 saturated carbocycles. The van der Waals surface area contributed by atoms with Gasteiger partial charge in [-0.05, 0) is 18.2 Å². The van der Waals surface area contributed by atoms with Gasteiger partial charge in [-0.1, -0.05) is 0 Å². The van der Waals surface area contributed by atoms with Gasteiger partial charge in [0.15, 0.2) is 0 Å². The molecule has 0 aliphatic rings. The molecule has 0 saturated heterocycles. The number of anilines is 1. The normalized spacial score (nSPS) is 12.7. The number of hydrogen-bond acceptors (Lipinski definition) is 5. The van der Waals surface area contributed by atoms with Gasteiger partial charge in [0.2, 0.25) is 10.0 Å². The van der Waals surface area contributed by atoms with Crippen molar-refractivity contribution in [2.45, 2.75) is 9.79 Å². The Labute approximate surface area is 91.3 Å². The van der Waals surface area contributed by atoms with Crippen LogP contribution in [0.2, 0.25) is 0 Å². The van der Waals surface area contributed by atoms with Crippen LogP contribution in [0.3, 0.4) is 0 Å². The van der Waals surface area contributed by atoms with Gasteiger partial charge in [-0.15, -0.1) is 0 Å². The Balaban J connectivity index is 3.57. The quantitative estimate of drug-likeness (QED) is 0.572. The lowest BCUT2D eigenvalue weighted by Crippen LogP contribution is -2.14. The van der Waals surface area contributed by atoms with Crippen molar-refractivity contribution in [1.82, 2.24) is 0 Å². The smallest absolute Gasteiger partial charge is 0.261 e. The fourth-order valence-corrected chi connectivity index (χ4v) is 2.45. The van der Waals surface area contributed by atoms with Crippen molar-refractivity contribution in [1.29, 1.82) is 0 Å². The molecular formula is C6H7ClN2O4S2. The van der Waals surface area contributed by atoms with Crippen molar-refractivity contribution in [3.63, 3.8) is 0 Å². The van der Waals surface area contributed by atoms with Crippen LogP contribution in [0.25, 0.3) is 0 Å². The first-order valence-electron chi connectivity index (χ1n) is 3.49. The highest BCUT2D eigenvalue weighted by molar-refractivity contribution is 8.13. The lowest BCUT2D eigenvalue weighted by molar-refractivity contribution is 0.598. The van der Waals surface area contributed by atoms with Crippen molar-refractivity contribution in [2.75, 3.05) is 5.73 Å². The lowest BCUT2D eigenvalue weighted by atomic mass is 10.3. The molecule has 6 nitrogen and oxygen atoms in total. The zero-order valence-electron chi connectivity index (χ0n) is 7.21. The summed E-state index contributed by atoms with van der Waals surface area (Å²) in [4.78, 5) is -0.841. The third kappa shape index (κ3) is 2.81. The first-order chi connectivity index (χ1) is 6.62. The van der Waals surface area contributed by atoms with Gasteiger partial charge >= 0.3 is 0 Å². The summed E-state index contributed by atoms with van der Waals surface area (Å²) >= 11 is 0. The highest BCUT2D eigenvalue weighted by Gasteiger charge is 2.17. The van der Waals surface area contributed by atoms with Crippen molar-refractivity contribution >= 4 is 35.4 Å². The zero-order valence-corrected chi connectivity index (χ0v) is 9.60. The molecule has 0 spiro atoms. The number of halogens is 1. The summed E-state index contributed by atoms with van der Waals surface area (Å²) in [6, 6.07) is 3.01. The fraction of sp³-hybridized carbons (Fsp3) is 0. The van der Waals surface area contributed by atoms with Crippen molar-refractivity contribution in [2.24, 2.45) is 5.14 Å². The van der Waals surface area contributed by atoms with Crippen molar-refractivity contribution in [3.05, 3.63) is 18.2 Å². The second-order valence-electron chi connectivity index (χ2n) is 2.68. The van der Waals surface area contributed by atoms with Gasteiger partial charge in [0, 0.05) is 10.7 Å². The van der Waals surface area contributed by atoms with E-state index < -0.39 is 24.0 Å². The van der Waals surface area contributed by atoms with Gasteiger partial charge in [0.25, 0.3) is 9.05 Å². The highest BCUT2D eigenvalue weighted by Crippen LogP contribution is 2.23. The van der Waals surface area contributed by atoms with E-state index >= 15 is 0 Å². The summed E-state index contributed by atoms with van der Waals surface area (Å²) in [5, 5.41) is 4.82. The van der Waals surface area contributed by atoms with Crippen LogP contribution in [-0.2, 0) is 19.1 Å². The average Bonchev–Trinajstić information content (AvgIpc) is 2.00. The predicted molar refractivity (Wildman–Crippen MR) is 55.3 cm³/mol. The molecule has 84 valence electrons. The van der Waals surface area contributed by atoms with Crippen molar-refractivity contribution < 1.29 is 16.8 Å². The van der Waals surface area contributed by atoms with Gasteiger partial charge in [-0.25, -0.2) is 22.0 Å². The number of rotatable bonds is 2. The monoisotopic (exact) mass is 270 g/mol. The van der Waals surface area contributed by atoms with Crippen LogP contribution in [0.15, 0.2) is 28.0 Å². The Bertz CT molecular complexity index is 594. The third-order valence-corrected chi connectivity index (χ3v) is 3.89. The van der Waals surface area contributed by atoms with Gasteiger partial charge in [-0.2, -0.15) is 0 Å². The standard InChI is InChI=1S/C6H7ClN2O4S2/c7-14(10,11)4-1-2-5(8)6(3-4)15(9,12)13/h1-3H,8H2,(H2,9,12,13). The molecule has 0 aliphatic carbocycles. The SMILES string of the molecule is Nc1ccc(S(=O)(=O)Cl)cc1S(N)(=O)=O. The maximum absolute atomic E-state index is 11.0. The number of benzene rings is 1. The van der Waals surface area contributed by atoms with E-state index in [1.807, 2.05) is 0 Å². The average molecular weight is 271 g/mol. The third-order valence-electron chi connectivity index (χ3n) is 1.57. The summed E-state index contributed by atoms with van der Waals surface area (Å²) in [6.07, 6.45) is 0. The van der Waals surface area contributed by atoms with Gasteiger partial charge in [0.05, 0.1) is 10.6 Å². The number of sulfonamides is 1. The molecule has 0 radical (unpaired) electrons. The Morgan fingerprint density at radius 2 is 1.67 bits per heavy atom. The Kier molecular flexibility index (Phi) is 2.97. The van der Waals surface area contributed by atoms with Crippen LogP contribution in [0, 0.1) is 0 Å². The van der Waals surface area contributed by atoms with Gasteiger partial charge < -0.3 is 5.73 Å². The number of nitrogens with two attached hydrogens (primary N) is 2. The Morgan fingerprint density at radius 1 is 1.13 bits per heavy atom. The zero-order chi connectivity index (χ0) is 11.9. The summed E-state index contributed by atoms with van der Waals surface area (Å²) in [5.41, 5.74) is 5.18. The van der Waals surface area contributed by atoms with E-state index in [0.717, 1.165) is 18.2 Å². The van der Waals surface area contributed by atoms with Crippen LogP contribution in [-0.4, -0.2) is 16.8 Å². The van der Waals surface area contributed by atoms with E-state index in [0.29, 0.717) is 0 Å². The van der Waals surface area contributed by atoms with E-state index in [-0.39, 0.29) is 10.6 Å². The van der Waals surface area contributed by atoms with Crippen LogP contribution < -0.4 is 10.9 Å². The predicted octanol–water partition coefficient (Wildman–Crippen LogP) is -0.156. The summed E-state index contributed by atoms with van der Waals surface area (Å²) in [5.74, 6) is 0. The molecule has 1 rings (SSSR count). The van der Waals surface area contributed by atoms with E-state index in [1.165, 1.54) is 0 Å². The van der Waals surface area contributed by atoms with Gasteiger partial charge in [-0.3, -0.25) is 0 Å². The molecule has 0 atom stereocenters. The maximum Gasteiger partial charge on any atom is 0.261 e. The minimum absolute atomic E-state index is 0.137. The van der Waals surface area contributed by atoms with Crippen LogP contribution in [0.1, 0.15) is 0 Å². The fourth-order valence-electron chi connectivity index (χ4n) is 0.913. The molecule has 15 heavy (non-hydrogen) atoms. The first-order valence-corrected chi connectivity index (χ1v) is 7.35. The van der Waals surface area contributed by atoms with E-state index in [2.05, 4.69) is 0 Å². The van der Waals surface area contributed by atoms with Crippen LogP contribution in [0.5, 0.6) is 0 Å².